The molecule has 33 heavy (non-hydrogen) atoms. The van der Waals surface area contributed by atoms with E-state index in [1.54, 1.807) is 0 Å². The molecule has 0 radical (unpaired) electrons. The van der Waals surface area contributed by atoms with E-state index in [9.17, 15) is 4.79 Å². The normalized spacial score (nSPS) is 12.5. The van der Waals surface area contributed by atoms with Gasteiger partial charge in [-0.1, -0.05) is 0 Å². The molecule has 0 spiro atoms. The SMILES string of the molecule is Cc1ccc(C(=O)OCCCP(Br)(c2ccccc2)(c2ccccc2)c2ccccc2)cc1. The number of esters is 1. The molecular weight excluding hydrogens is 491 g/mol. The third kappa shape index (κ3) is 4.67. The second kappa shape index (κ2) is 10.0. The number of hydrogen-bond acceptors (Lipinski definition) is 2. The molecule has 0 amide bonds. The minimum atomic E-state index is -2.98. The zero-order valence-corrected chi connectivity index (χ0v) is 21.2. The minimum absolute atomic E-state index is 0.274. The van der Waals surface area contributed by atoms with Crippen LogP contribution in [-0.2, 0) is 4.74 Å². The Bertz CT molecular complexity index is 1090. The summed E-state index contributed by atoms with van der Waals surface area (Å²) in [6, 6.07) is 39.5. The zero-order valence-electron chi connectivity index (χ0n) is 18.7. The Morgan fingerprint density at radius 1 is 0.697 bits per heavy atom. The molecule has 0 aliphatic rings. The fraction of sp³-hybridized carbons (Fsp3) is 0.138. The van der Waals surface area contributed by atoms with Gasteiger partial charge in [-0.25, -0.2) is 0 Å². The molecule has 168 valence electrons. The van der Waals surface area contributed by atoms with Crippen molar-refractivity contribution in [1.82, 2.24) is 0 Å². The van der Waals surface area contributed by atoms with Gasteiger partial charge in [0, 0.05) is 0 Å². The van der Waals surface area contributed by atoms with Gasteiger partial charge in [0.15, 0.2) is 0 Å². The van der Waals surface area contributed by atoms with Crippen molar-refractivity contribution in [3.8, 4) is 0 Å². The molecule has 0 aliphatic carbocycles. The summed E-state index contributed by atoms with van der Waals surface area (Å²) < 4.78 is 5.68. The van der Waals surface area contributed by atoms with Crippen molar-refractivity contribution >= 4 is 42.7 Å². The van der Waals surface area contributed by atoms with E-state index >= 15 is 0 Å². The molecule has 0 aromatic heterocycles. The summed E-state index contributed by atoms with van der Waals surface area (Å²) in [6.07, 6.45) is 1.57. The number of ether oxygens (including phenoxy) is 1. The maximum atomic E-state index is 12.5. The Balaban J connectivity index is 1.68. The molecule has 0 heterocycles. The first-order valence-electron chi connectivity index (χ1n) is 11.2. The van der Waals surface area contributed by atoms with Crippen LogP contribution in [0.2, 0.25) is 0 Å². The zero-order chi connectivity index (χ0) is 23.2. The third-order valence-electron chi connectivity index (χ3n) is 6.13. The molecule has 0 saturated heterocycles. The first kappa shape index (κ1) is 23.4. The summed E-state index contributed by atoms with van der Waals surface area (Å²) in [4.78, 5) is 12.5. The van der Waals surface area contributed by atoms with E-state index in [4.69, 9.17) is 4.74 Å². The third-order valence-corrected chi connectivity index (χ3v) is 16.2. The Labute approximate surface area is 204 Å². The number of aryl methyl sites for hydroxylation is 1. The molecule has 0 N–H and O–H groups in total. The van der Waals surface area contributed by atoms with Gasteiger partial charge in [-0.2, -0.15) is 0 Å². The maximum absolute atomic E-state index is 12.5. The van der Waals surface area contributed by atoms with E-state index in [1.165, 1.54) is 15.9 Å². The van der Waals surface area contributed by atoms with E-state index in [2.05, 4.69) is 106 Å². The van der Waals surface area contributed by atoms with Gasteiger partial charge >= 0.3 is 205 Å². The van der Waals surface area contributed by atoms with E-state index < -0.39 is 5.31 Å². The van der Waals surface area contributed by atoms with Gasteiger partial charge in [0.1, 0.15) is 0 Å². The second-order valence-electron chi connectivity index (χ2n) is 8.27. The van der Waals surface area contributed by atoms with Crippen molar-refractivity contribution in [2.75, 3.05) is 12.8 Å². The van der Waals surface area contributed by atoms with Crippen LogP contribution in [0.5, 0.6) is 0 Å². The topological polar surface area (TPSA) is 26.3 Å². The predicted molar refractivity (Wildman–Crippen MR) is 145 cm³/mol. The molecule has 4 aromatic carbocycles. The van der Waals surface area contributed by atoms with Crippen LogP contribution in [0.4, 0.5) is 0 Å². The van der Waals surface area contributed by atoms with Crippen molar-refractivity contribution in [2.24, 2.45) is 0 Å². The average Bonchev–Trinajstić information content (AvgIpc) is 2.88. The van der Waals surface area contributed by atoms with Gasteiger partial charge in [0.2, 0.25) is 0 Å². The van der Waals surface area contributed by atoms with Crippen molar-refractivity contribution < 1.29 is 9.53 Å². The summed E-state index contributed by atoms with van der Waals surface area (Å²) in [6.45, 7) is 2.37. The van der Waals surface area contributed by atoms with Crippen LogP contribution < -0.4 is 15.9 Å². The fourth-order valence-electron chi connectivity index (χ4n) is 4.35. The first-order valence-corrected chi connectivity index (χ1v) is 15.6. The van der Waals surface area contributed by atoms with Crippen LogP contribution in [-0.4, -0.2) is 18.7 Å². The monoisotopic (exact) mass is 518 g/mol. The molecule has 0 atom stereocenters. The molecule has 0 fully saturated rings. The van der Waals surface area contributed by atoms with Crippen LogP contribution in [0.1, 0.15) is 22.3 Å². The number of benzene rings is 4. The van der Waals surface area contributed by atoms with Crippen LogP contribution in [0, 0.1) is 6.92 Å². The molecule has 0 saturated carbocycles. The average molecular weight is 519 g/mol. The van der Waals surface area contributed by atoms with Crippen LogP contribution >= 0.6 is 20.8 Å². The Morgan fingerprint density at radius 2 is 1.12 bits per heavy atom. The molecule has 4 heteroatoms. The van der Waals surface area contributed by atoms with E-state index in [0.717, 1.165) is 18.1 Å². The molecule has 0 unspecified atom stereocenters. The summed E-state index contributed by atoms with van der Waals surface area (Å²) in [7, 11) is 0. The molecule has 2 nitrogen and oxygen atoms in total. The number of carbonyl (C=O) groups excluding carboxylic acids is 1. The van der Waals surface area contributed by atoms with E-state index in [1.807, 2.05) is 31.2 Å². The molecule has 0 aliphatic heterocycles. The summed E-state index contributed by atoms with van der Waals surface area (Å²) >= 11 is 4.43. The number of carbonyl (C=O) groups is 1. The van der Waals surface area contributed by atoms with Crippen molar-refractivity contribution in [2.45, 2.75) is 13.3 Å². The van der Waals surface area contributed by atoms with E-state index in [-0.39, 0.29) is 5.97 Å². The quantitative estimate of drug-likeness (QED) is 0.153. The van der Waals surface area contributed by atoms with Gasteiger partial charge in [-0.15, -0.1) is 0 Å². The number of rotatable bonds is 8. The number of halogens is 1. The predicted octanol–water partition coefficient (Wildman–Crippen LogP) is 6.38. The van der Waals surface area contributed by atoms with Crippen molar-refractivity contribution in [3.05, 3.63) is 126 Å². The molecular formula is C29H28BrO2P. The van der Waals surface area contributed by atoms with Gasteiger partial charge in [0.05, 0.1) is 0 Å². The molecule has 4 rings (SSSR count). The van der Waals surface area contributed by atoms with E-state index in [0.29, 0.717) is 12.2 Å². The van der Waals surface area contributed by atoms with Crippen LogP contribution in [0.3, 0.4) is 0 Å². The number of hydrogen-bond donors (Lipinski definition) is 0. The first-order chi connectivity index (χ1) is 16.0. The molecule has 0 bridgehead atoms. The van der Waals surface area contributed by atoms with Crippen molar-refractivity contribution in [1.29, 1.82) is 0 Å². The Hall–Kier alpha value is -2.74. The van der Waals surface area contributed by atoms with Gasteiger partial charge in [-0.3, -0.25) is 0 Å². The van der Waals surface area contributed by atoms with Crippen LogP contribution in [0.25, 0.3) is 0 Å². The van der Waals surface area contributed by atoms with Gasteiger partial charge in [0.25, 0.3) is 0 Å². The standard InChI is InChI=1S/C29H28BrO2P/c1-24-18-20-25(21-19-24)29(31)32-22-11-23-33(30,26-12-5-2-6-13-26,27-14-7-3-8-15-27)28-16-9-4-10-17-28/h2-10,12-21H,11,22-23H2,1H3. The summed E-state index contributed by atoms with van der Waals surface area (Å²) in [5.74, 6) is -0.274. The van der Waals surface area contributed by atoms with Gasteiger partial charge in [-0.05, 0) is 0 Å². The van der Waals surface area contributed by atoms with Crippen LogP contribution in [0.15, 0.2) is 115 Å². The summed E-state index contributed by atoms with van der Waals surface area (Å²) in [5, 5.41) is 0.831. The van der Waals surface area contributed by atoms with Crippen molar-refractivity contribution in [3.63, 3.8) is 0 Å². The fourth-order valence-corrected chi connectivity index (χ4v) is 12.0. The second-order valence-corrected chi connectivity index (χ2v) is 17.3. The Kier molecular flexibility index (Phi) is 7.12. The summed E-state index contributed by atoms with van der Waals surface area (Å²) in [5.41, 5.74) is 1.71. The molecule has 4 aromatic rings. The Morgan fingerprint density at radius 3 is 1.55 bits per heavy atom. The van der Waals surface area contributed by atoms with Gasteiger partial charge < -0.3 is 0 Å².